The lowest BCUT2D eigenvalue weighted by Crippen LogP contribution is -2.29. The number of hydrogen-bond acceptors (Lipinski definition) is 2. The molecule has 2 rings (SSSR count). The Labute approximate surface area is 131 Å². The van der Waals surface area contributed by atoms with Gasteiger partial charge < -0.3 is 10.1 Å². The van der Waals surface area contributed by atoms with Crippen LogP contribution in [-0.4, -0.2) is 19.3 Å². The lowest BCUT2D eigenvalue weighted by Gasteiger charge is -2.28. The summed E-state index contributed by atoms with van der Waals surface area (Å²) in [6.07, 6.45) is 5.96. The molecule has 1 aromatic carbocycles. The van der Waals surface area contributed by atoms with Crippen molar-refractivity contribution < 1.29 is 4.74 Å². The predicted molar refractivity (Wildman–Crippen MR) is 85.7 cm³/mol. The highest BCUT2D eigenvalue weighted by molar-refractivity contribution is 6.33. The summed E-state index contributed by atoms with van der Waals surface area (Å²) in [7, 11) is 0. The first-order chi connectivity index (χ1) is 9.70. The maximum absolute atomic E-state index is 6.35. The van der Waals surface area contributed by atoms with Crippen LogP contribution in [0.25, 0.3) is 0 Å². The third-order valence-electron chi connectivity index (χ3n) is 3.75. The first kappa shape index (κ1) is 16.1. The normalized spacial score (nSPS) is 20.9. The zero-order chi connectivity index (χ0) is 14.4. The van der Waals surface area contributed by atoms with Gasteiger partial charge >= 0.3 is 0 Å². The molecule has 0 radical (unpaired) electrons. The molecule has 2 nitrogen and oxygen atoms in total. The first-order valence-electron chi connectivity index (χ1n) is 7.50. The van der Waals surface area contributed by atoms with Gasteiger partial charge in [0.15, 0.2) is 0 Å². The van der Waals surface area contributed by atoms with Crippen LogP contribution in [0.5, 0.6) is 0 Å². The topological polar surface area (TPSA) is 21.3 Å². The summed E-state index contributed by atoms with van der Waals surface area (Å²) in [6, 6.07) is 5.90. The average Bonchev–Trinajstić information content (AvgIpc) is 2.47. The Bertz CT molecular complexity index is 419. The number of nitrogens with one attached hydrogen (secondary N) is 1. The van der Waals surface area contributed by atoms with Gasteiger partial charge in [-0.2, -0.15) is 0 Å². The van der Waals surface area contributed by atoms with Crippen LogP contribution in [0.2, 0.25) is 10.0 Å². The highest BCUT2D eigenvalue weighted by Crippen LogP contribution is 2.31. The zero-order valence-corrected chi connectivity index (χ0v) is 13.5. The summed E-state index contributed by atoms with van der Waals surface area (Å²) < 4.78 is 5.86. The summed E-state index contributed by atoms with van der Waals surface area (Å²) in [4.78, 5) is 0. The number of rotatable bonds is 6. The van der Waals surface area contributed by atoms with Gasteiger partial charge in [-0.1, -0.05) is 30.1 Å². The van der Waals surface area contributed by atoms with Crippen molar-refractivity contribution in [1.29, 1.82) is 0 Å². The lowest BCUT2D eigenvalue weighted by molar-refractivity contribution is 0.00506. The zero-order valence-electron chi connectivity index (χ0n) is 12.0. The van der Waals surface area contributed by atoms with E-state index in [1.807, 2.05) is 18.2 Å². The molecule has 1 N–H and O–H groups in total. The van der Waals surface area contributed by atoms with Crippen molar-refractivity contribution in [2.75, 3.05) is 13.2 Å². The van der Waals surface area contributed by atoms with Gasteiger partial charge in [-0.25, -0.2) is 0 Å². The second-order valence-electron chi connectivity index (χ2n) is 5.40. The Morgan fingerprint density at radius 1 is 1.35 bits per heavy atom. The van der Waals surface area contributed by atoms with E-state index in [4.69, 9.17) is 27.9 Å². The Kier molecular flexibility index (Phi) is 6.63. The Balaban J connectivity index is 2.10. The minimum absolute atomic E-state index is 0.212. The van der Waals surface area contributed by atoms with Crippen molar-refractivity contribution >= 4 is 23.2 Å². The minimum atomic E-state index is 0.212. The first-order valence-corrected chi connectivity index (χ1v) is 8.26. The van der Waals surface area contributed by atoms with Gasteiger partial charge in [-0.05, 0) is 62.4 Å². The predicted octanol–water partition coefficient (Wildman–Crippen LogP) is 4.99. The van der Waals surface area contributed by atoms with Gasteiger partial charge in [0.1, 0.15) is 0 Å². The summed E-state index contributed by atoms with van der Waals surface area (Å²) in [5.74, 6) is 0. The summed E-state index contributed by atoms with van der Waals surface area (Å²) >= 11 is 12.5. The van der Waals surface area contributed by atoms with E-state index in [-0.39, 0.29) is 6.04 Å². The van der Waals surface area contributed by atoms with Crippen LogP contribution in [0.15, 0.2) is 18.2 Å². The average molecular weight is 316 g/mol. The van der Waals surface area contributed by atoms with Crippen LogP contribution in [0.1, 0.15) is 50.6 Å². The largest absolute Gasteiger partial charge is 0.378 e. The number of hydrogen-bond donors (Lipinski definition) is 1. The van der Waals surface area contributed by atoms with Crippen molar-refractivity contribution in [3.8, 4) is 0 Å². The highest BCUT2D eigenvalue weighted by Gasteiger charge is 2.22. The molecule has 1 fully saturated rings. The molecule has 0 spiro atoms. The molecule has 1 saturated heterocycles. The smallest absolute Gasteiger partial charge is 0.0593 e. The lowest BCUT2D eigenvalue weighted by atomic mass is 9.96. The molecule has 4 heteroatoms. The second-order valence-corrected chi connectivity index (χ2v) is 6.24. The van der Waals surface area contributed by atoms with Gasteiger partial charge in [0, 0.05) is 22.7 Å². The Hall–Kier alpha value is -0.280. The molecule has 0 bridgehead atoms. The van der Waals surface area contributed by atoms with Crippen LogP contribution in [0.4, 0.5) is 0 Å². The monoisotopic (exact) mass is 315 g/mol. The fourth-order valence-electron chi connectivity index (χ4n) is 2.68. The standard InChI is InChI=1S/C16H23Cl2NO/c1-2-8-19-16(11-13-5-3-4-9-20-13)14-10-12(17)6-7-15(14)18/h6-7,10,13,16,19H,2-5,8-9,11H2,1H3. The molecule has 20 heavy (non-hydrogen) atoms. The van der Waals surface area contributed by atoms with E-state index < -0.39 is 0 Å². The van der Waals surface area contributed by atoms with E-state index in [0.717, 1.165) is 48.0 Å². The second kappa shape index (κ2) is 8.23. The fraction of sp³-hybridized carbons (Fsp3) is 0.625. The molecule has 1 aromatic rings. The van der Waals surface area contributed by atoms with E-state index in [2.05, 4.69) is 12.2 Å². The Morgan fingerprint density at radius 3 is 2.90 bits per heavy atom. The van der Waals surface area contributed by atoms with E-state index in [1.165, 1.54) is 12.8 Å². The van der Waals surface area contributed by atoms with Crippen LogP contribution >= 0.6 is 23.2 Å². The Morgan fingerprint density at radius 2 is 2.20 bits per heavy atom. The van der Waals surface area contributed by atoms with Crippen molar-refractivity contribution in [3.63, 3.8) is 0 Å². The highest BCUT2D eigenvalue weighted by atomic mass is 35.5. The quantitative estimate of drug-likeness (QED) is 0.798. The van der Waals surface area contributed by atoms with E-state index in [9.17, 15) is 0 Å². The molecule has 0 aromatic heterocycles. The van der Waals surface area contributed by atoms with Crippen LogP contribution in [0, 0.1) is 0 Å². The maximum atomic E-state index is 6.35. The molecule has 0 saturated carbocycles. The molecular formula is C16H23Cl2NO. The van der Waals surface area contributed by atoms with Gasteiger partial charge in [-0.15, -0.1) is 0 Å². The summed E-state index contributed by atoms with van der Waals surface area (Å²) in [6.45, 7) is 4.02. The molecule has 1 aliphatic rings. The van der Waals surface area contributed by atoms with Crippen LogP contribution < -0.4 is 5.32 Å². The van der Waals surface area contributed by atoms with E-state index in [0.29, 0.717) is 6.10 Å². The summed E-state index contributed by atoms with van der Waals surface area (Å²) in [5, 5.41) is 5.09. The molecule has 0 amide bonds. The van der Waals surface area contributed by atoms with Gasteiger partial charge in [0.05, 0.1) is 6.10 Å². The van der Waals surface area contributed by atoms with Crippen molar-refractivity contribution in [2.24, 2.45) is 0 Å². The molecule has 1 heterocycles. The van der Waals surface area contributed by atoms with Gasteiger partial charge in [-0.3, -0.25) is 0 Å². The third-order valence-corrected chi connectivity index (χ3v) is 4.33. The van der Waals surface area contributed by atoms with Crippen LogP contribution in [-0.2, 0) is 4.74 Å². The molecular weight excluding hydrogens is 293 g/mol. The van der Waals surface area contributed by atoms with Gasteiger partial charge in [0.2, 0.25) is 0 Å². The van der Waals surface area contributed by atoms with Crippen molar-refractivity contribution in [1.82, 2.24) is 5.32 Å². The maximum Gasteiger partial charge on any atom is 0.0593 e. The summed E-state index contributed by atoms with van der Waals surface area (Å²) in [5.41, 5.74) is 1.08. The number of benzene rings is 1. The number of halogens is 2. The minimum Gasteiger partial charge on any atom is -0.378 e. The van der Waals surface area contributed by atoms with E-state index in [1.54, 1.807) is 0 Å². The SMILES string of the molecule is CCCNC(CC1CCCCO1)c1cc(Cl)ccc1Cl. The molecule has 2 atom stereocenters. The molecule has 2 unspecified atom stereocenters. The van der Waals surface area contributed by atoms with Crippen LogP contribution in [0.3, 0.4) is 0 Å². The molecule has 1 aliphatic heterocycles. The number of ether oxygens (including phenoxy) is 1. The van der Waals surface area contributed by atoms with E-state index >= 15 is 0 Å². The van der Waals surface area contributed by atoms with Crippen molar-refractivity contribution in [3.05, 3.63) is 33.8 Å². The third kappa shape index (κ3) is 4.63. The van der Waals surface area contributed by atoms with Gasteiger partial charge in [0.25, 0.3) is 0 Å². The van der Waals surface area contributed by atoms with Crippen molar-refractivity contribution in [2.45, 2.75) is 51.2 Å². The molecule has 112 valence electrons. The fourth-order valence-corrected chi connectivity index (χ4v) is 3.11. The molecule has 0 aliphatic carbocycles.